The van der Waals surface area contributed by atoms with Crippen molar-refractivity contribution in [3.05, 3.63) is 40.7 Å². The lowest BCUT2D eigenvalue weighted by Crippen LogP contribution is -2.61. The van der Waals surface area contributed by atoms with Crippen LogP contribution >= 0.6 is 0 Å². The summed E-state index contributed by atoms with van der Waals surface area (Å²) in [5, 5.41) is 43.2. The molecule has 0 saturated heterocycles. The van der Waals surface area contributed by atoms with Gasteiger partial charge in [-0.2, -0.15) is 0 Å². The van der Waals surface area contributed by atoms with Crippen LogP contribution in [-0.2, 0) is 20.0 Å². The van der Waals surface area contributed by atoms with Crippen molar-refractivity contribution < 1.29 is 39.6 Å². The second kappa shape index (κ2) is 4.74. The topological polar surface area (TPSA) is 175 Å². The molecule has 9 nitrogen and oxygen atoms in total. The minimum atomic E-state index is -2.63. The van der Waals surface area contributed by atoms with Gasteiger partial charge in [0.2, 0.25) is 0 Å². The zero-order chi connectivity index (χ0) is 21.3. The Morgan fingerprint density at radius 1 is 1.17 bits per heavy atom. The van der Waals surface area contributed by atoms with Gasteiger partial charge in [0, 0.05) is 17.8 Å². The molecule has 1 aromatic carbocycles. The first kappa shape index (κ1) is 18.0. The number of carbonyl (C=O) groups is 4. The fourth-order valence-corrected chi connectivity index (χ4v) is 6.35. The van der Waals surface area contributed by atoms with Crippen LogP contribution in [0.4, 0.5) is 0 Å². The molecule has 2 saturated carbocycles. The Morgan fingerprint density at radius 3 is 2.45 bits per heavy atom. The van der Waals surface area contributed by atoms with E-state index >= 15 is 0 Å². The second-order valence-electron chi connectivity index (χ2n) is 8.47. The van der Waals surface area contributed by atoms with Crippen LogP contribution in [0.3, 0.4) is 0 Å². The number of primary amides is 1. The molecule has 1 aromatic rings. The Balaban J connectivity index is 1.87. The zero-order valence-corrected chi connectivity index (χ0v) is 15.2. The molecule has 0 radical (unpaired) electrons. The number of Topliss-reactive ketones (excluding diaryl/α,β-unsaturated/α-hetero) is 3. The fourth-order valence-electron chi connectivity index (χ4n) is 6.35. The van der Waals surface area contributed by atoms with Crippen molar-refractivity contribution in [1.82, 2.24) is 0 Å². The molecular weight excluding hydrogens is 382 g/mol. The third-order valence-electron chi connectivity index (χ3n) is 7.43. The number of fused-ring (bicyclic) bond motifs is 1. The summed E-state index contributed by atoms with van der Waals surface area (Å²) in [5.41, 5.74) is -2.56. The number of rotatable bonds is 1. The first-order chi connectivity index (χ1) is 13.4. The van der Waals surface area contributed by atoms with Gasteiger partial charge in [0.1, 0.15) is 22.5 Å². The van der Waals surface area contributed by atoms with E-state index in [2.05, 4.69) is 0 Å². The average Bonchev–Trinajstić information content (AvgIpc) is 3.09. The molecule has 6 atom stereocenters. The number of phenols is 1. The standard InChI is InChI=1S/C20H17NO8/c1-18(28)6-3-2-4-8(22)10(6)14(24)19-9(18)5-7-12(19)13(23)11(16(21)26)15(25)20(7,29)17(19)27/h2-4,7,9,12,22,25,28-29H,5H2,1H3,(H2,21,26)/t7-,9+,12?,18-,19+,20+/m0/s1. The van der Waals surface area contributed by atoms with Crippen LogP contribution in [0.15, 0.2) is 29.5 Å². The highest BCUT2D eigenvalue weighted by Crippen LogP contribution is 2.73. The predicted molar refractivity (Wildman–Crippen MR) is 93.3 cm³/mol. The number of aliphatic hydroxyl groups is 3. The van der Waals surface area contributed by atoms with E-state index in [0.29, 0.717) is 0 Å². The van der Waals surface area contributed by atoms with Crippen LogP contribution < -0.4 is 5.73 Å². The number of hydrogen-bond donors (Lipinski definition) is 5. The molecular formula is C20H17NO8. The van der Waals surface area contributed by atoms with Crippen LogP contribution in [0.25, 0.3) is 0 Å². The van der Waals surface area contributed by atoms with Crippen LogP contribution in [0.1, 0.15) is 29.3 Å². The first-order valence-electron chi connectivity index (χ1n) is 9.09. The quantitative estimate of drug-likeness (QED) is 0.302. The molecule has 4 aliphatic rings. The zero-order valence-electron chi connectivity index (χ0n) is 15.2. The van der Waals surface area contributed by atoms with E-state index in [1.54, 1.807) is 0 Å². The van der Waals surface area contributed by atoms with E-state index in [4.69, 9.17) is 5.73 Å². The second-order valence-corrected chi connectivity index (χ2v) is 8.47. The maximum Gasteiger partial charge on any atom is 0.255 e. The molecule has 0 aliphatic heterocycles. The van der Waals surface area contributed by atoms with Crippen LogP contribution in [0.2, 0.25) is 0 Å². The van der Waals surface area contributed by atoms with Crippen LogP contribution in [0.5, 0.6) is 5.75 Å². The van der Waals surface area contributed by atoms with E-state index in [1.165, 1.54) is 25.1 Å². The Morgan fingerprint density at radius 2 is 1.83 bits per heavy atom. The maximum atomic E-state index is 13.6. The molecule has 1 unspecified atom stereocenters. The average molecular weight is 399 g/mol. The lowest BCUT2D eigenvalue weighted by molar-refractivity contribution is -0.156. The van der Waals surface area contributed by atoms with Gasteiger partial charge in [0.05, 0.1) is 11.2 Å². The summed E-state index contributed by atoms with van der Waals surface area (Å²) in [7, 11) is 0. The number of benzene rings is 1. The first-order valence-corrected chi connectivity index (χ1v) is 9.09. The summed E-state index contributed by atoms with van der Waals surface area (Å²) in [6.07, 6.45) is -0.122. The fraction of sp³-hybridized carbons (Fsp3) is 0.400. The summed E-state index contributed by atoms with van der Waals surface area (Å²) in [4.78, 5) is 52.0. The number of carbonyl (C=O) groups excluding carboxylic acids is 4. The molecule has 9 heteroatoms. The molecule has 4 bridgehead atoms. The van der Waals surface area contributed by atoms with Crippen LogP contribution in [0, 0.1) is 23.2 Å². The smallest absolute Gasteiger partial charge is 0.255 e. The van der Waals surface area contributed by atoms with Crippen molar-refractivity contribution in [3.63, 3.8) is 0 Å². The summed E-state index contributed by atoms with van der Waals surface area (Å²) >= 11 is 0. The molecule has 150 valence electrons. The number of hydrogen-bond acceptors (Lipinski definition) is 8. The number of aromatic hydroxyl groups is 1. The van der Waals surface area contributed by atoms with Gasteiger partial charge in [-0.1, -0.05) is 12.1 Å². The summed E-state index contributed by atoms with van der Waals surface area (Å²) < 4.78 is 0. The number of phenolic OH excluding ortho intramolecular Hbond substituents is 1. The minimum Gasteiger partial charge on any atom is -0.508 e. The lowest BCUT2D eigenvalue weighted by Gasteiger charge is -2.48. The van der Waals surface area contributed by atoms with Crippen molar-refractivity contribution in [2.24, 2.45) is 28.9 Å². The maximum absolute atomic E-state index is 13.6. The summed E-state index contributed by atoms with van der Waals surface area (Å²) in [6.45, 7) is 1.37. The van der Waals surface area contributed by atoms with Crippen molar-refractivity contribution in [1.29, 1.82) is 0 Å². The van der Waals surface area contributed by atoms with E-state index in [0.717, 1.165) is 0 Å². The molecule has 1 spiro atoms. The SMILES string of the molecule is C[C@]1(O)c2cccc(O)c2C(=O)[C@]23C(=O)[C@]4(O)C(O)=C(C(N)=O)C(=O)C2[C@@H]4C[C@@H]31. The number of nitrogens with two attached hydrogens (primary N) is 1. The highest BCUT2D eigenvalue weighted by Gasteiger charge is 2.85. The Kier molecular flexibility index (Phi) is 2.95. The minimum absolute atomic E-state index is 0.111. The normalized spacial score (nSPS) is 42.2. The lowest BCUT2D eigenvalue weighted by atomic mass is 9.54. The summed E-state index contributed by atoms with van der Waals surface area (Å²) in [5.74, 6) is -9.81. The molecule has 0 aromatic heterocycles. The van der Waals surface area contributed by atoms with Gasteiger partial charge in [-0.05, 0) is 25.0 Å². The Labute approximate surface area is 163 Å². The van der Waals surface area contributed by atoms with Crippen molar-refractivity contribution in [2.45, 2.75) is 24.5 Å². The number of ketones is 3. The monoisotopic (exact) mass is 399 g/mol. The third-order valence-corrected chi connectivity index (χ3v) is 7.43. The Hall–Kier alpha value is -3.04. The third kappa shape index (κ3) is 1.52. The molecule has 5 rings (SSSR count). The largest absolute Gasteiger partial charge is 0.508 e. The molecule has 4 aliphatic carbocycles. The molecule has 6 N–H and O–H groups in total. The predicted octanol–water partition coefficient (Wildman–Crippen LogP) is -0.771. The van der Waals surface area contributed by atoms with Crippen molar-refractivity contribution in [3.8, 4) is 5.75 Å². The van der Waals surface area contributed by atoms with Crippen molar-refractivity contribution in [2.75, 3.05) is 0 Å². The highest BCUT2D eigenvalue weighted by molar-refractivity contribution is 6.32. The van der Waals surface area contributed by atoms with E-state index in [9.17, 15) is 39.6 Å². The van der Waals surface area contributed by atoms with Gasteiger partial charge in [-0.25, -0.2) is 0 Å². The van der Waals surface area contributed by atoms with Gasteiger partial charge in [-0.3, -0.25) is 19.2 Å². The van der Waals surface area contributed by atoms with Gasteiger partial charge < -0.3 is 26.2 Å². The van der Waals surface area contributed by atoms with Crippen LogP contribution in [-0.4, -0.2) is 49.3 Å². The number of aliphatic hydroxyl groups excluding tert-OH is 1. The van der Waals surface area contributed by atoms with E-state index in [-0.39, 0.29) is 17.5 Å². The van der Waals surface area contributed by atoms with Gasteiger partial charge in [0.25, 0.3) is 5.91 Å². The van der Waals surface area contributed by atoms with E-state index in [1.807, 2.05) is 0 Å². The van der Waals surface area contributed by atoms with Gasteiger partial charge >= 0.3 is 0 Å². The molecule has 0 heterocycles. The highest BCUT2D eigenvalue weighted by atomic mass is 16.4. The number of amides is 1. The summed E-state index contributed by atoms with van der Waals surface area (Å²) in [6, 6.07) is 4.10. The van der Waals surface area contributed by atoms with E-state index < -0.39 is 74.7 Å². The van der Waals surface area contributed by atoms with Gasteiger partial charge in [0.15, 0.2) is 23.0 Å². The molecule has 1 amide bonds. The molecule has 2 fully saturated rings. The molecule has 29 heavy (non-hydrogen) atoms. The van der Waals surface area contributed by atoms with Crippen molar-refractivity contribution >= 4 is 23.3 Å². The van der Waals surface area contributed by atoms with Gasteiger partial charge in [-0.15, -0.1) is 0 Å². The Bertz CT molecular complexity index is 1120.